The van der Waals surface area contributed by atoms with Crippen molar-refractivity contribution in [3.8, 4) is 0 Å². The number of rotatable bonds is 3. The van der Waals surface area contributed by atoms with Crippen molar-refractivity contribution < 1.29 is 9.09 Å². The van der Waals surface area contributed by atoms with Gasteiger partial charge in [0, 0.05) is 6.92 Å². The molecule has 5 heteroatoms. The first-order valence-corrected chi connectivity index (χ1v) is 4.41. The third-order valence-corrected chi connectivity index (χ3v) is 1.62. The molecule has 1 N–H and O–H groups in total. The van der Waals surface area contributed by atoms with E-state index in [2.05, 4.69) is 15.1 Å². The third kappa shape index (κ3) is 3.67. The normalized spacial score (nSPS) is 11.3. The Morgan fingerprint density at radius 3 is 2.77 bits per heavy atom. The van der Waals surface area contributed by atoms with Gasteiger partial charge in [0.15, 0.2) is 0 Å². The van der Waals surface area contributed by atoms with Gasteiger partial charge < -0.3 is 4.52 Å². The topological polar surface area (TPSA) is 50.7 Å². The van der Waals surface area contributed by atoms with Gasteiger partial charge in [-0.05, 0) is 12.1 Å². The molecule has 0 fully saturated rings. The summed E-state index contributed by atoms with van der Waals surface area (Å²) in [6.07, 6.45) is 0. The molecule has 1 aromatic rings. The van der Waals surface area contributed by atoms with Crippen LogP contribution in [0.15, 0.2) is 35.4 Å². The summed E-state index contributed by atoms with van der Waals surface area (Å²) in [7, 11) is -0.396. The van der Waals surface area contributed by atoms with Gasteiger partial charge >= 0.3 is 8.69 Å². The number of hydrazone groups is 1. The van der Waals surface area contributed by atoms with E-state index in [1.807, 2.05) is 30.3 Å². The Bertz CT molecular complexity index is 300. The Balaban J connectivity index is 2.51. The fourth-order valence-electron chi connectivity index (χ4n) is 0.730. The molecule has 0 saturated carbocycles. The molecule has 0 amide bonds. The molecule has 1 aromatic carbocycles. The molecule has 0 saturated heterocycles. The third-order valence-electron chi connectivity index (χ3n) is 1.29. The molecule has 4 nitrogen and oxygen atoms in total. The van der Waals surface area contributed by atoms with Crippen LogP contribution >= 0.6 is 8.69 Å². The van der Waals surface area contributed by atoms with Crippen LogP contribution in [0.2, 0.25) is 0 Å². The Kier molecular flexibility index (Phi) is 3.93. The number of anilines is 1. The van der Waals surface area contributed by atoms with E-state index in [-0.39, 0.29) is 0 Å². The predicted octanol–water partition coefficient (Wildman–Crippen LogP) is 2.66. The van der Waals surface area contributed by atoms with Crippen molar-refractivity contribution in [3.63, 3.8) is 0 Å². The Labute approximate surface area is 77.9 Å². The van der Waals surface area contributed by atoms with Crippen LogP contribution in [0.5, 0.6) is 0 Å². The van der Waals surface area contributed by atoms with Gasteiger partial charge in [0.1, 0.15) is 0 Å². The van der Waals surface area contributed by atoms with Crippen molar-refractivity contribution in [3.05, 3.63) is 30.3 Å². The van der Waals surface area contributed by atoms with Crippen LogP contribution < -0.4 is 5.43 Å². The predicted molar refractivity (Wildman–Crippen MR) is 51.9 cm³/mol. The Hall–Kier alpha value is -1.41. The molecular weight excluding hydrogens is 187 g/mol. The highest BCUT2D eigenvalue weighted by atomic mass is 31.1. The molecule has 13 heavy (non-hydrogen) atoms. The maximum Gasteiger partial charge on any atom is 0.397 e. The van der Waals surface area contributed by atoms with E-state index in [1.165, 1.54) is 0 Å². The zero-order valence-corrected chi connectivity index (χ0v) is 7.99. The van der Waals surface area contributed by atoms with Crippen molar-refractivity contribution in [2.75, 3.05) is 5.43 Å². The van der Waals surface area contributed by atoms with Gasteiger partial charge in [0.05, 0.1) is 5.69 Å². The quantitative estimate of drug-likeness (QED) is 0.350. The second-order valence-corrected chi connectivity index (χ2v) is 2.61. The van der Waals surface area contributed by atoms with Gasteiger partial charge in [-0.2, -0.15) is 0 Å². The molecule has 1 rings (SSSR count). The molecule has 0 unspecified atom stereocenters. The first-order chi connectivity index (χ1) is 6.33. The van der Waals surface area contributed by atoms with Crippen LogP contribution in [0.4, 0.5) is 5.69 Å². The zero-order chi connectivity index (χ0) is 9.52. The number of benzene rings is 1. The molecule has 0 spiro atoms. The van der Waals surface area contributed by atoms with Crippen LogP contribution in [-0.4, -0.2) is 5.90 Å². The SMILES string of the molecule is CC(=NNc1ccccc1)OP=O. The summed E-state index contributed by atoms with van der Waals surface area (Å²) in [6.45, 7) is 1.61. The van der Waals surface area contributed by atoms with Gasteiger partial charge in [-0.1, -0.05) is 18.2 Å². The largest absolute Gasteiger partial charge is 0.397 e. The minimum Gasteiger partial charge on any atom is -0.391 e. The molecule has 68 valence electrons. The highest BCUT2D eigenvalue weighted by Crippen LogP contribution is 2.05. The number of para-hydroxylation sites is 1. The summed E-state index contributed by atoms with van der Waals surface area (Å²) in [6, 6.07) is 9.42. The molecule has 0 aromatic heterocycles. The minimum absolute atomic E-state index is 0.320. The molecule has 0 radical (unpaired) electrons. The van der Waals surface area contributed by atoms with Gasteiger partial charge in [-0.15, -0.1) is 5.10 Å². The zero-order valence-electron chi connectivity index (χ0n) is 7.10. The maximum atomic E-state index is 9.99. The van der Waals surface area contributed by atoms with E-state index in [0.717, 1.165) is 5.69 Å². The highest BCUT2D eigenvalue weighted by molar-refractivity contribution is 7.18. The summed E-state index contributed by atoms with van der Waals surface area (Å²) < 4.78 is 14.6. The van der Waals surface area contributed by atoms with Crippen LogP contribution in [0, 0.1) is 0 Å². The lowest BCUT2D eigenvalue weighted by atomic mass is 10.3. The summed E-state index contributed by atoms with van der Waals surface area (Å²) in [5, 5.41) is 3.82. The standard InChI is InChI=1S/C8H9N2O2P/c1-7(12-13-11)9-10-8-5-3-2-4-6-8/h2-6,10H,1H3. The molecule has 0 heterocycles. The number of nitrogens with zero attached hydrogens (tertiary/aromatic N) is 1. The smallest absolute Gasteiger partial charge is 0.391 e. The van der Waals surface area contributed by atoms with Crippen LogP contribution in [0.1, 0.15) is 6.92 Å². The fourth-order valence-corrected chi connectivity index (χ4v) is 0.879. The average molecular weight is 196 g/mol. The molecule has 0 aliphatic carbocycles. The molecule has 0 atom stereocenters. The molecule has 0 aliphatic rings. The van der Waals surface area contributed by atoms with E-state index in [9.17, 15) is 4.57 Å². The second kappa shape index (κ2) is 5.27. The summed E-state index contributed by atoms with van der Waals surface area (Å²) in [5.41, 5.74) is 3.60. The summed E-state index contributed by atoms with van der Waals surface area (Å²) in [4.78, 5) is 0. The van der Waals surface area contributed by atoms with Crippen molar-refractivity contribution in [1.29, 1.82) is 0 Å². The van der Waals surface area contributed by atoms with E-state index in [4.69, 9.17) is 0 Å². The molecule has 0 bridgehead atoms. The maximum absolute atomic E-state index is 9.99. The second-order valence-electron chi connectivity index (χ2n) is 2.27. The van der Waals surface area contributed by atoms with E-state index >= 15 is 0 Å². The van der Waals surface area contributed by atoms with E-state index in [1.54, 1.807) is 6.92 Å². The molecular formula is C8H9N2O2P. The van der Waals surface area contributed by atoms with Crippen LogP contribution in [-0.2, 0) is 9.09 Å². The minimum atomic E-state index is -0.396. The monoisotopic (exact) mass is 196 g/mol. The van der Waals surface area contributed by atoms with Gasteiger partial charge in [0.25, 0.3) is 0 Å². The van der Waals surface area contributed by atoms with Crippen molar-refractivity contribution in [2.24, 2.45) is 5.10 Å². The van der Waals surface area contributed by atoms with E-state index in [0.29, 0.717) is 5.90 Å². The first-order valence-electron chi connectivity index (χ1n) is 3.68. The van der Waals surface area contributed by atoms with Crippen molar-refractivity contribution >= 4 is 20.3 Å². The summed E-state index contributed by atoms with van der Waals surface area (Å²) >= 11 is 0. The highest BCUT2D eigenvalue weighted by Gasteiger charge is 1.90. The average Bonchev–Trinajstić information content (AvgIpc) is 2.17. The Morgan fingerprint density at radius 2 is 2.15 bits per heavy atom. The van der Waals surface area contributed by atoms with Gasteiger partial charge in [0.2, 0.25) is 5.90 Å². The van der Waals surface area contributed by atoms with Gasteiger partial charge in [-0.3, -0.25) is 5.43 Å². The Morgan fingerprint density at radius 1 is 1.46 bits per heavy atom. The van der Waals surface area contributed by atoms with Crippen molar-refractivity contribution in [2.45, 2.75) is 6.92 Å². The lowest BCUT2D eigenvalue weighted by Gasteiger charge is -1.99. The number of hydrogen-bond acceptors (Lipinski definition) is 4. The van der Waals surface area contributed by atoms with Gasteiger partial charge in [-0.25, -0.2) is 4.57 Å². The van der Waals surface area contributed by atoms with Crippen LogP contribution in [0.3, 0.4) is 0 Å². The first kappa shape index (κ1) is 9.68. The van der Waals surface area contributed by atoms with Crippen LogP contribution in [0.25, 0.3) is 0 Å². The number of hydrogen-bond donors (Lipinski definition) is 1. The lowest BCUT2D eigenvalue weighted by molar-refractivity contribution is 0.519. The molecule has 0 aliphatic heterocycles. The van der Waals surface area contributed by atoms with E-state index < -0.39 is 8.69 Å². The summed E-state index contributed by atoms with van der Waals surface area (Å²) in [5.74, 6) is 0.320. The number of nitrogens with one attached hydrogen (secondary N) is 1. The lowest BCUT2D eigenvalue weighted by Crippen LogP contribution is -1.96. The van der Waals surface area contributed by atoms with Crippen molar-refractivity contribution in [1.82, 2.24) is 0 Å². The fraction of sp³-hybridized carbons (Fsp3) is 0.125.